The van der Waals surface area contributed by atoms with E-state index in [-0.39, 0.29) is 42.5 Å². The Morgan fingerprint density at radius 1 is 1.08 bits per heavy atom. The summed E-state index contributed by atoms with van der Waals surface area (Å²) in [5.41, 5.74) is 4.17. The largest absolute Gasteiger partial charge is 0.372 e. The van der Waals surface area contributed by atoms with Crippen LogP contribution in [0.1, 0.15) is 54.9 Å². The molecule has 0 radical (unpaired) electrons. The molecule has 2 amide bonds. The average molecular weight is 363 g/mol. The standard InChI is InChI=1S/C11H22N2O2.C4H11N.C2H6.CH3NO/c1-7(2)9(14)6-13-11(15)10(12-5)8(3)4;1-3-4-5-2;1-2;2-1-3/h7-8,10,12H,6H2,1-5H3,(H,13,15);5H,3-4H2,1-2H3;1-2H3;1H,(H2,2,3). The van der Waals surface area contributed by atoms with E-state index < -0.39 is 0 Å². The van der Waals surface area contributed by atoms with Crippen molar-refractivity contribution in [1.82, 2.24) is 16.0 Å². The van der Waals surface area contributed by atoms with Gasteiger partial charge in [0.05, 0.1) is 12.6 Å². The Balaban J connectivity index is -0.000000182. The number of carbonyl (C=O) groups is 3. The minimum Gasteiger partial charge on any atom is -0.372 e. The lowest BCUT2D eigenvalue weighted by Crippen LogP contribution is -2.47. The number of Topliss-reactive ketones (excluding diaryl/α,β-unsaturated/α-hetero) is 1. The van der Waals surface area contributed by atoms with E-state index in [1.807, 2.05) is 48.6 Å². The fourth-order valence-corrected chi connectivity index (χ4v) is 1.51. The number of carbonyl (C=O) groups excluding carboxylic acids is 3. The fourth-order valence-electron chi connectivity index (χ4n) is 1.51. The van der Waals surface area contributed by atoms with Crippen molar-refractivity contribution in [2.75, 3.05) is 27.2 Å². The zero-order valence-electron chi connectivity index (χ0n) is 17.7. The Bertz CT molecular complexity index is 307. The maximum absolute atomic E-state index is 11.6. The molecule has 0 aromatic heterocycles. The average Bonchev–Trinajstić information content (AvgIpc) is 2.56. The fraction of sp³-hybridized carbons (Fsp3) is 0.833. The summed E-state index contributed by atoms with van der Waals surface area (Å²) >= 11 is 0. The molecule has 0 saturated carbocycles. The maximum Gasteiger partial charge on any atom is 0.237 e. The number of hydrogen-bond donors (Lipinski definition) is 4. The highest BCUT2D eigenvalue weighted by atomic mass is 16.2. The number of nitrogens with two attached hydrogens (primary N) is 1. The van der Waals surface area contributed by atoms with Gasteiger partial charge in [0.1, 0.15) is 0 Å². The minimum atomic E-state index is -0.232. The van der Waals surface area contributed by atoms with E-state index in [1.54, 1.807) is 7.05 Å². The Morgan fingerprint density at radius 2 is 1.52 bits per heavy atom. The van der Waals surface area contributed by atoms with Gasteiger partial charge < -0.3 is 21.7 Å². The third-order valence-electron chi connectivity index (χ3n) is 2.84. The third kappa shape index (κ3) is 24.9. The molecule has 5 N–H and O–H groups in total. The van der Waals surface area contributed by atoms with Crippen molar-refractivity contribution in [1.29, 1.82) is 0 Å². The van der Waals surface area contributed by atoms with E-state index in [2.05, 4.69) is 28.6 Å². The summed E-state index contributed by atoms with van der Waals surface area (Å²) in [5.74, 6) is 0.130. The zero-order valence-corrected chi connectivity index (χ0v) is 17.7. The second kappa shape index (κ2) is 24.8. The van der Waals surface area contributed by atoms with E-state index in [4.69, 9.17) is 4.79 Å². The van der Waals surface area contributed by atoms with Crippen LogP contribution in [0.4, 0.5) is 0 Å². The lowest BCUT2D eigenvalue weighted by molar-refractivity contribution is -0.128. The molecular formula is C18H42N4O3. The van der Waals surface area contributed by atoms with Crippen molar-refractivity contribution in [2.45, 2.75) is 60.9 Å². The van der Waals surface area contributed by atoms with Gasteiger partial charge in [0.2, 0.25) is 12.3 Å². The molecule has 152 valence electrons. The molecule has 7 nitrogen and oxygen atoms in total. The predicted octanol–water partition coefficient (Wildman–Crippen LogP) is 1.32. The molecule has 0 spiro atoms. The molecular weight excluding hydrogens is 320 g/mol. The number of ketones is 1. The van der Waals surface area contributed by atoms with Gasteiger partial charge in [-0.15, -0.1) is 0 Å². The van der Waals surface area contributed by atoms with Crippen LogP contribution in [-0.2, 0) is 14.4 Å². The number of hydrogen-bond acceptors (Lipinski definition) is 5. The summed E-state index contributed by atoms with van der Waals surface area (Å²) in [6, 6.07) is -0.232. The summed E-state index contributed by atoms with van der Waals surface area (Å²) in [6.07, 6.45) is 1.48. The predicted molar refractivity (Wildman–Crippen MR) is 106 cm³/mol. The summed E-state index contributed by atoms with van der Waals surface area (Å²) in [5, 5.41) is 8.59. The molecule has 0 rings (SSSR count). The van der Waals surface area contributed by atoms with Crippen molar-refractivity contribution < 1.29 is 14.4 Å². The molecule has 0 fully saturated rings. The SMILES string of the molecule is CC.CCCNC.CNC(C(=O)NCC(=O)C(C)C)C(C)C.NC=O. The van der Waals surface area contributed by atoms with Crippen LogP contribution in [0.3, 0.4) is 0 Å². The summed E-state index contributed by atoms with van der Waals surface area (Å²) < 4.78 is 0. The van der Waals surface area contributed by atoms with Crippen molar-refractivity contribution >= 4 is 18.1 Å². The highest BCUT2D eigenvalue weighted by molar-refractivity contribution is 5.89. The molecule has 0 aromatic rings. The number of primary amides is 1. The molecule has 1 atom stereocenters. The van der Waals surface area contributed by atoms with Crippen LogP contribution in [0.25, 0.3) is 0 Å². The Labute approximate surface area is 154 Å². The number of rotatable bonds is 8. The highest BCUT2D eigenvalue weighted by Crippen LogP contribution is 2.00. The molecule has 0 heterocycles. The number of amides is 2. The number of nitrogens with one attached hydrogen (secondary N) is 3. The molecule has 0 aliphatic rings. The molecule has 25 heavy (non-hydrogen) atoms. The van der Waals surface area contributed by atoms with Crippen LogP contribution in [-0.4, -0.2) is 51.3 Å². The van der Waals surface area contributed by atoms with Gasteiger partial charge in [-0.1, -0.05) is 48.5 Å². The topological polar surface area (TPSA) is 113 Å². The van der Waals surface area contributed by atoms with Gasteiger partial charge >= 0.3 is 0 Å². The summed E-state index contributed by atoms with van der Waals surface area (Å²) in [7, 11) is 3.71. The quantitative estimate of drug-likeness (QED) is 0.486. The molecule has 0 bridgehead atoms. The van der Waals surface area contributed by atoms with Gasteiger partial charge in [0.15, 0.2) is 5.78 Å². The zero-order chi connectivity index (χ0) is 20.8. The van der Waals surface area contributed by atoms with Crippen molar-refractivity contribution in [3.05, 3.63) is 0 Å². The lowest BCUT2D eigenvalue weighted by Gasteiger charge is -2.19. The molecule has 0 aliphatic heterocycles. The Hall–Kier alpha value is -1.47. The minimum absolute atomic E-state index is 0.0302. The van der Waals surface area contributed by atoms with Crippen LogP contribution < -0.4 is 21.7 Å². The van der Waals surface area contributed by atoms with Gasteiger partial charge in [-0.2, -0.15) is 0 Å². The summed E-state index contributed by atoms with van der Waals surface area (Å²) in [6.45, 7) is 15.0. The van der Waals surface area contributed by atoms with Crippen LogP contribution >= 0.6 is 0 Å². The number of likely N-dealkylation sites (N-methyl/N-ethyl adjacent to an activating group) is 1. The highest BCUT2D eigenvalue weighted by Gasteiger charge is 2.20. The molecule has 1 unspecified atom stereocenters. The first kappa shape index (κ1) is 31.3. The van der Waals surface area contributed by atoms with Gasteiger partial charge in [-0.05, 0) is 33.0 Å². The van der Waals surface area contributed by atoms with Gasteiger partial charge in [-0.25, -0.2) is 0 Å². The van der Waals surface area contributed by atoms with Crippen molar-refractivity contribution in [2.24, 2.45) is 17.6 Å². The molecule has 0 aromatic carbocycles. The van der Waals surface area contributed by atoms with Crippen LogP contribution in [0.2, 0.25) is 0 Å². The van der Waals surface area contributed by atoms with Crippen LogP contribution in [0.5, 0.6) is 0 Å². The van der Waals surface area contributed by atoms with Crippen molar-refractivity contribution in [3.8, 4) is 0 Å². The van der Waals surface area contributed by atoms with Crippen LogP contribution in [0, 0.1) is 11.8 Å². The van der Waals surface area contributed by atoms with E-state index in [9.17, 15) is 9.59 Å². The second-order valence-corrected chi connectivity index (χ2v) is 5.59. The van der Waals surface area contributed by atoms with Gasteiger partial charge in [0.25, 0.3) is 0 Å². The summed E-state index contributed by atoms with van der Waals surface area (Å²) in [4.78, 5) is 31.5. The molecule has 0 aliphatic carbocycles. The van der Waals surface area contributed by atoms with Crippen LogP contribution in [0.15, 0.2) is 0 Å². The smallest absolute Gasteiger partial charge is 0.237 e. The molecule has 7 heteroatoms. The van der Waals surface area contributed by atoms with E-state index in [1.165, 1.54) is 6.42 Å². The van der Waals surface area contributed by atoms with Gasteiger partial charge in [0, 0.05) is 5.92 Å². The van der Waals surface area contributed by atoms with Crippen molar-refractivity contribution in [3.63, 3.8) is 0 Å². The monoisotopic (exact) mass is 362 g/mol. The lowest BCUT2D eigenvalue weighted by atomic mass is 10.0. The first-order chi connectivity index (χ1) is 11.7. The van der Waals surface area contributed by atoms with E-state index in [0.717, 1.165) is 6.54 Å². The first-order valence-corrected chi connectivity index (χ1v) is 9.00. The third-order valence-corrected chi connectivity index (χ3v) is 2.84. The Kier molecular flexibility index (Phi) is 31.0. The molecule has 0 saturated heterocycles. The normalized spacial score (nSPS) is 10.2. The Morgan fingerprint density at radius 3 is 1.72 bits per heavy atom. The van der Waals surface area contributed by atoms with E-state index in [0.29, 0.717) is 0 Å². The first-order valence-electron chi connectivity index (χ1n) is 9.00. The maximum atomic E-state index is 11.6. The van der Waals surface area contributed by atoms with Gasteiger partial charge in [-0.3, -0.25) is 14.4 Å². The second-order valence-electron chi connectivity index (χ2n) is 5.59. The van der Waals surface area contributed by atoms with E-state index >= 15 is 0 Å².